The van der Waals surface area contributed by atoms with E-state index < -0.39 is 5.97 Å². The Morgan fingerprint density at radius 1 is 1.32 bits per heavy atom. The number of esters is 1. The summed E-state index contributed by atoms with van der Waals surface area (Å²) in [5.41, 5.74) is 6.42. The minimum atomic E-state index is -0.561. The van der Waals surface area contributed by atoms with E-state index in [9.17, 15) is 9.59 Å². The molecule has 0 heterocycles. The van der Waals surface area contributed by atoms with E-state index in [4.69, 9.17) is 15.2 Å². The van der Waals surface area contributed by atoms with Crippen molar-refractivity contribution in [1.29, 1.82) is 0 Å². The molecule has 1 atom stereocenters. The number of hydrogen-bond acceptors (Lipinski definition) is 5. The van der Waals surface area contributed by atoms with Crippen molar-refractivity contribution in [2.24, 2.45) is 0 Å². The topological polar surface area (TPSA) is 90.6 Å². The normalized spacial score (nSPS) is 11.7. The van der Waals surface area contributed by atoms with Gasteiger partial charge in [-0.05, 0) is 31.2 Å². The molecule has 0 aliphatic carbocycles. The van der Waals surface area contributed by atoms with Crippen molar-refractivity contribution in [1.82, 2.24) is 5.32 Å². The maximum absolute atomic E-state index is 11.6. The Morgan fingerprint density at radius 3 is 2.53 bits per heavy atom. The van der Waals surface area contributed by atoms with Gasteiger partial charge in [-0.2, -0.15) is 0 Å². The number of ether oxygens (including phenoxy) is 2. The summed E-state index contributed by atoms with van der Waals surface area (Å²) in [5.74, 6) is -0.928. The number of carbonyl (C=O) groups is 2. The third-order valence-corrected chi connectivity index (χ3v) is 2.30. The molecule has 0 spiro atoms. The van der Waals surface area contributed by atoms with Gasteiger partial charge in [-0.15, -0.1) is 0 Å². The summed E-state index contributed by atoms with van der Waals surface area (Å²) < 4.78 is 9.75. The Balaban J connectivity index is 2.37. The highest BCUT2D eigenvalue weighted by molar-refractivity contribution is 5.91. The van der Waals surface area contributed by atoms with Crippen molar-refractivity contribution >= 4 is 17.6 Å². The van der Waals surface area contributed by atoms with Crippen molar-refractivity contribution in [3.05, 3.63) is 29.8 Å². The van der Waals surface area contributed by atoms with Crippen LogP contribution in [0.15, 0.2) is 24.3 Å². The number of amides is 1. The summed E-state index contributed by atoms with van der Waals surface area (Å²) in [6.07, 6.45) is 0. The third kappa shape index (κ3) is 5.39. The van der Waals surface area contributed by atoms with Crippen LogP contribution >= 0.6 is 0 Å². The lowest BCUT2D eigenvalue weighted by Gasteiger charge is -2.12. The number of anilines is 1. The van der Waals surface area contributed by atoms with E-state index in [0.717, 1.165) is 0 Å². The van der Waals surface area contributed by atoms with Crippen LogP contribution in [0.3, 0.4) is 0 Å². The first-order valence-corrected chi connectivity index (χ1v) is 5.84. The molecule has 1 aromatic carbocycles. The van der Waals surface area contributed by atoms with E-state index in [1.807, 2.05) is 0 Å². The van der Waals surface area contributed by atoms with Crippen LogP contribution in [0.5, 0.6) is 0 Å². The lowest BCUT2D eigenvalue weighted by molar-refractivity contribution is -0.125. The lowest BCUT2D eigenvalue weighted by atomic mass is 10.2. The average Bonchev–Trinajstić information content (AvgIpc) is 2.37. The van der Waals surface area contributed by atoms with Gasteiger partial charge in [0.15, 0.2) is 6.61 Å². The molecular weight excluding hydrogens is 248 g/mol. The molecule has 0 aliphatic rings. The number of nitrogens with one attached hydrogen (secondary N) is 1. The summed E-state index contributed by atoms with van der Waals surface area (Å²) >= 11 is 0. The van der Waals surface area contributed by atoms with E-state index >= 15 is 0 Å². The number of benzene rings is 1. The molecule has 0 aromatic heterocycles. The van der Waals surface area contributed by atoms with Crippen LogP contribution in [-0.2, 0) is 14.3 Å². The maximum Gasteiger partial charge on any atom is 0.338 e. The van der Waals surface area contributed by atoms with Crippen LogP contribution in [0.2, 0.25) is 0 Å². The van der Waals surface area contributed by atoms with Crippen molar-refractivity contribution in [3.8, 4) is 0 Å². The Bertz CT molecular complexity index is 431. The fourth-order valence-corrected chi connectivity index (χ4v) is 1.44. The van der Waals surface area contributed by atoms with Crippen LogP contribution in [0.1, 0.15) is 17.3 Å². The molecule has 0 saturated heterocycles. The molecule has 0 radical (unpaired) electrons. The van der Waals surface area contributed by atoms with Crippen molar-refractivity contribution in [2.45, 2.75) is 13.0 Å². The zero-order chi connectivity index (χ0) is 14.3. The van der Waals surface area contributed by atoms with Crippen LogP contribution < -0.4 is 11.1 Å². The molecule has 6 heteroatoms. The Morgan fingerprint density at radius 2 is 1.95 bits per heavy atom. The second-order valence-corrected chi connectivity index (χ2v) is 4.12. The van der Waals surface area contributed by atoms with Gasteiger partial charge in [0.05, 0.1) is 12.2 Å². The number of rotatable bonds is 6. The first-order valence-electron chi connectivity index (χ1n) is 5.84. The Labute approximate surface area is 111 Å². The number of nitrogens with two attached hydrogens (primary N) is 1. The SMILES string of the molecule is COCC(C)NC(=O)COC(=O)c1ccc(N)cc1. The van der Waals surface area contributed by atoms with Crippen LogP contribution in [0.25, 0.3) is 0 Å². The number of carbonyl (C=O) groups excluding carboxylic acids is 2. The number of methoxy groups -OCH3 is 1. The molecule has 1 aromatic rings. The molecule has 0 aliphatic heterocycles. The van der Waals surface area contributed by atoms with Gasteiger partial charge in [0.1, 0.15) is 0 Å². The fourth-order valence-electron chi connectivity index (χ4n) is 1.44. The minimum Gasteiger partial charge on any atom is -0.452 e. The molecular formula is C13H18N2O4. The van der Waals surface area contributed by atoms with Crippen molar-refractivity contribution < 1.29 is 19.1 Å². The summed E-state index contributed by atoms with van der Waals surface area (Å²) in [4.78, 5) is 23.1. The molecule has 1 amide bonds. The first kappa shape index (κ1) is 15.0. The van der Waals surface area contributed by atoms with Gasteiger partial charge in [0.25, 0.3) is 5.91 Å². The predicted molar refractivity (Wildman–Crippen MR) is 70.6 cm³/mol. The first-order chi connectivity index (χ1) is 9.02. The van der Waals surface area contributed by atoms with Gasteiger partial charge in [0.2, 0.25) is 0 Å². The number of hydrogen-bond donors (Lipinski definition) is 2. The standard InChI is InChI=1S/C13H18N2O4/c1-9(7-18-2)15-12(16)8-19-13(17)10-3-5-11(14)6-4-10/h3-6,9H,7-8,14H2,1-2H3,(H,15,16). The molecule has 3 N–H and O–H groups in total. The van der Waals surface area contributed by atoms with E-state index in [0.29, 0.717) is 17.9 Å². The number of nitrogen functional groups attached to an aromatic ring is 1. The second kappa shape index (κ2) is 7.38. The smallest absolute Gasteiger partial charge is 0.338 e. The highest BCUT2D eigenvalue weighted by Crippen LogP contribution is 2.06. The molecule has 104 valence electrons. The summed E-state index contributed by atoms with van der Waals surface area (Å²) in [7, 11) is 1.55. The average molecular weight is 266 g/mol. The predicted octanol–water partition coefficient (Wildman–Crippen LogP) is 0.577. The van der Waals surface area contributed by atoms with E-state index in [2.05, 4.69) is 5.32 Å². The van der Waals surface area contributed by atoms with E-state index in [-0.39, 0.29) is 18.6 Å². The van der Waals surface area contributed by atoms with Gasteiger partial charge in [-0.3, -0.25) is 4.79 Å². The quantitative estimate of drug-likeness (QED) is 0.580. The Kier molecular flexibility index (Phi) is 5.81. The monoisotopic (exact) mass is 266 g/mol. The summed E-state index contributed by atoms with van der Waals surface area (Å²) in [5, 5.41) is 2.64. The van der Waals surface area contributed by atoms with Gasteiger partial charge in [0, 0.05) is 18.8 Å². The molecule has 19 heavy (non-hydrogen) atoms. The highest BCUT2D eigenvalue weighted by atomic mass is 16.5. The zero-order valence-corrected chi connectivity index (χ0v) is 11.0. The highest BCUT2D eigenvalue weighted by Gasteiger charge is 2.11. The Hall–Kier alpha value is -2.08. The van der Waals surface area contributed by atoms with E-state index in [1.165, 1.54) is 0 Å². The zero-order valence-electron chi connectivity index (χ0n) is 11.0. The van der Waals surface area contributed by atoms with Gasteiger partial charge >= 0.3 is 5.97 Å². The van der Waals surface area contributed by atoms with Gasteiger partial charge < -0.3 is 20.5 Å². The van der Waals surface area contributed by atoms with Crippen LogP contribution in [-0.4, -0.2) is 38.2 Å². The molecule has 1 rings (SSSR count). The minimum absolute atomic E-state index is 0.132. The molecule has 0 bridgehead atoms. The van der Waals surface area contributed by atoms with E-state index in [1.54, 1.807) is 38.3 Å². The second-order valence-electron chi connectivity index (χ2n) is 4.12. The largest absolute Gasteiger partial charge is 0.452 e. The van der Waals surface area contributed by atoms with Crippen molar-refractivity contribution in [3.63, 3.8) is 0 Å². The van der Waals surface area contributed by atoms with Gasteiger partial charge in [-0.1, -0.05) is 0 Å². The molecule has 6 nitrogen and oxygen atoms in total. The molecule has 1 unspecified atom stereocenters. The fraction of sp³-hybridized carbons (Fsp3) is 0.385. The van der Waals surface area contributed by atoms with Crippen LogP contribution in [0, 0.1) is 0 Å². The molecule has 0 fully saturated rings. The van der Waals surface area contributed by atoms with Crippen LogP contribution in [0.4, 0.5) is 5.69 Å². The molecule has 0 saturated carbocycles. The third-order valence-electron chi connectivity index (χ3n) is 2.30. The van der Waals surface area contributed by atoms with Gasteiger partial charge in [-0.25, -0.2) is 4.79 Å². The summed E-state index contributed by atoms with van der Waals surface area (Å²) in [6.45, 7) is 1.87. The van der Waals surface area contributed by atoms with Crippen molar-refractivity contribution in [2.75, 3.05) is 26.1 Å². The maximum atomic E-state index is 11.6. The summed E-state index contributed by atoms with van der Waals surface area (Å²) in [6, 6.07) is 6.15. The lowest BCUT2D eigenvalue weighted by Crippen LogP contribution is -2.38.